The Bertz CT molecular complexity index is 200. The maximum absolute atomic E-state index is 3.72. The molecule has 0 spiro atoms. The summed E-state index contributed by atoms with van der Waals surface area (Å²) in [6, 6.07) is 2.58. The second kappa shape index (κ2) is 3.49. The maximum atomic E-state index is 3.72. The lowest BCUT2D eigenvalue weighted by Crippen LogP contribution is -2.47. The van der Waals surface area contributed by atoms with Crippen LogP contribution in [0, 0.1) is 5.92 Å². The molecular formula is C12H22N2. The SMILES string of the molecule is CN(CC1CC1)C1CC2CC[C@@H](C1)N2. The van der Waals surface area contributed by atoms with Crippen molar-refractivity contribution in [1.82, 2.24) is 10.2 Å². The summed E-state index contributed by atoms with van der Waals surface area (Å²) in [4.78, 5) is 2.64. The Balaban J connectivity index is 1.56. The third-order valence-electron chi connectivity index (χ3n) is 4.31. The molecule has 2 unspecified atom stereocenters. The van der Waals surface area contributed by atoms with Crippen LogP contribution in [0.3, 0.4) is 0 Å². The van der Waals surface area contributed by atoms with Crippen LogP contribution in [0.25, 0.3) is 0 Å². The van der Waals surface area contributed by atoms with Crippen molar-refractivity contribution in [2.75, 3.05) is 13.6 Å². The van der Waals surface area contributed by atoms with Gasteiger partial charge in [0.05, 0.1) is 0 Å². The molecular weight excluding hydrogens is 172 g/mol. The van der Waals surface area contributed by atoms with E-state index >= 15 is 0 Å². The molecule has 3 fully saturated rings. The molecule has 1 aliphatic carbocycles. The molecule has 0 amide bonds. The highest BCUT2D eigenvalue weighted by molar-refractivity contribution is 4.95. The lowest BCUT2D eigenvalue weighted by Gasteiger charge is -2.35. The van der Waals surface area contributed by atoms with Crippen molar-refractivity contribution < 1.29 is 0 Å². The van der Waals surface area contributed by atoms with Crippen LogP contribution >= 0.6 is 0 Å². The zero-order valence-corrected chi connectivity index (χ0v) is 9.21. The molecule has 14 heavy (non-hydrogen) atoms. The molecule has 2 nitrogen and oxygen atoms in total. The standard InChI is InChI=1S/C12H22N2/c1-14(8-9-2-3-9)12-6-10-4-5-11(7-12)13-10/h9-13H,2-8H2,1H3/t10-,11?,12?/m0/s1. The molecule has 2 heterocycles. The fourth-order valence-electron chi connectivity index (χ4n) is 3.24. The number of nitrogens with one attached hydrogen (secondary N) is 1. The van der Waals surface area contributed by atoms with Gasteiger partial charge in [0.25, 0.3) is 0 Å². The largest absolute Gasteiger partial charge is 0.311 e. The predicted octanol–water partition coefficient (Wildman–Crippen LogP) is 1.61. The van der Waals surface area contributed by atoms with Crippen molar-refractivity contribution in [3.63, 3.8) is 0 Å². The summed E-state index contributed by atoms with van der Waals surface area (Å²) in [5.41, 5.74) is 0. The number of nitrogens with zero attached hydrogens (tertiary/aromatic N) is 1. The number of piperidine rings is 1. The number of fused-ring (bicyclic) bond motifs is 2. The van der Waals surface area contributed by atoms with Gasteiger partial charge in [-0.15, -0.1) is 0 Å². The second-order valence-electron chi connectivity index (χ2n) is 5.65. The van der Waals surface area contributed by atoms with Gasteiger partial charge in [0.2, 0.25) is 0 Å². The van der Waals surface area contributed by atoms with Crippen LogP contribution in [0.4, 0.5) is 0 Å². The molecule has 2 aliphatic heterocycles. The molecule has 2 saturated heterocycles. The van der Waals surface area contributed by atoms with Gasteiger partial charge >= 0.3 is 0 Å². The molecule has 0 aromatic heterocycles. The van der Waals surface area contributed by atoms with E-state index in [-0.39, 0.29) is 0 Å². The minimum absolute atomic E-state index is 0.848. The van der Waals surface area contributed by atoms with E-state index in [2.05, 4.69) is 17.3 Å². The van der Waals surface area contributed by atoms with E-state index in [1.54, 1.807) is 0 Å². The molecule has 0 radical (unpaired) electrons. The Morgan fingerprint density at radius 3 is 2.29 bits per heavy atom. The van der Waals surface area contributed by atoms with Gasteiger partial charge < -0.3 is 10.2 Å². The zero-order chi connectivity index (χ0) is 9.54. The van der Waals surface area contributed by atoms with Gasteiger partial charge in [-0.2, -0.15) is 0 Å². The summed E-state index contributed by atoms with van der Waals surface area (Å²) in [5.74, 6) is 1.05. The van der Waals surface area contributed by atoms with E-state index < -0.39 is 0 Å². The Labute approximate surface area is 87.0 Å². The fraction of sp³-hybridized carbons (Fsp3) is 1.00. The smallest absolute Gasteiger partial charge is 0.0122 e. The van der Waals surface area contributed by atoms with Crippen LogP contribution in [0.5, 0.6) is 0 Å². The van der Waals surface area contributed by atoms with Crippen molar-refractivity contribution in [3.8, 4) is 0 Å². The lowest BCUT2D eigenvalue weighted by atomic mass is 9.98. The maximum Gasteiger partial charge on any atom is 0.0122 e. The van der Waals surface area contributed by atoms with Gasteiger partial charge in [-0.3, -0.25) is 0 Å². The first-order valence-electron chi connectivity index (χ1n) is 6.27. The van der Waals surface area contributed by atoms with Crippen molar-refractivity contribution in [2.45, 2.75) is 56.7 Å². The van der Waals surface area contributed by atoms with E-state index in [1.165, 1.54) is 45.1 Å². The Morgan fingerprint density at radius 2 is 1.71 bits per heavy atom. The first-order chi connectivity index (χ1) is 6.81. The number of hydrogen-bond donors (Lipinski definition) is 1. The van der Waals surface area contributed by atoms with Crippen molar-refractivity contribution in [3.05, 3.63) is 0 Å². The molecule has 1 N–H and O–H groups in total. The molecule has 3 rings (SSSR count). The van der Waals surface area contributed by atoms with Gasteiger partial charge in [0, 0.05) is 24.7 Å². The number of rotatable bonds is 3. The lowest BCUT2D eigenvalue weighted by molar-refractivity contribution is 0.167. The fourth-order valence-corrected chi connectivity index (χ4v) is 3.24. The minimum Gasteiger partial charge on any atom is -0.311 e. The first-order valence-corrected chi connectivity index (χ1v) is 6.27. The summed E-state index contributed by atoms with van der Waals surface area (Å²) in [6.07, 6.45) is 8.64. The summed E-state index contributed by atoms with van der Waals surface area (Å²) in [6.45, 7) is 1.37. The van der Waals surface area contributed by atoms with E-state index in [0.717, 1.165) is 24.0 Å². The van der Waals surface area contributed by atoms with E-state index in [1.807, 2.05) is 0 Å². The van der Waals surface area contributed by atoms with Crippen LogP contribution in [0.2, 0.25) is 0 Å². The molecule has 2 heteroatoms. The predicted molar refractivity (Wildman–Crippen MR) is 58.3 cm³/mol. The average molecular weight is 194 g/mol. The van der Waals surface area contributed by atoms with Crippen LogP contribution in [-0.4, -0.2) is 36.6 Å². The van der Waals surface area contributed by atoms with Crippen LogP contribution in [0.15, 0.2) is 0 Å². The quantitative estimate of drug-likeness (QED) is 0.734. The monoisotopic (exact) mass is 194 g/mol. The van der Waals surface area contributed by atoms with Gasteiger partial charge in [-0.25, -0.2) is 0 Å². The molecule has 3 atom stereocenters. The van der Waals surface area contributed by atoms with Crippen molar-refractivity contribution in [1.29, 1.82) is 0 Å². The average Bonchev–Trinajstić information content (AvgIpc) is 2.93. The Hall–Kier alpha value is -0.0800. The second-order valence-corrected chi connectivity index (χ2v) is 5.65. The normalized spacial score (nSPS) is 42.0. The molecule has 1 saturated carbocycles. The van der Waals surface area contributed by atoms with E-state index in [9.17, 15) is 0 Å². The van der Waals surface area contributed by atoms with E-state index in [4.69, 9.17) is 0 Å². The molecule has 0 aromatic carbocycles. The third kappa shape index (κ3) is 1.82. The third-order valence-corrected chi connectivity index (χ3v) is 4.31. The minimum atomic E-state index is 0.848. The topological polar surface area (TPSA) is 15.3 Å². The molecule has 3 aliphatic rings. The van der Waals surface area contributed by atoms with Crippen molar-refractivity contribution >= 4 is 0 Å². The zero-order valence-electron chi connectivity index (χ0n) is 9.21. The molecule has 80 valence electrons. The van der Waals surface area contributed by atoms with E-state index in [0.29, 0.717) is 0 Å². The first kappa shape index (κ1) is 9.17. The van der Waals surface area contributed by atoms with Gasteiger partial charge in [-0.05, 0) is 51.5 Å². The highest BCUT2D eigenvalue weighted by Gasteiger charge is 2.36. The number of hydrogen-bond acceptors (Lipinski definition) is 2. The summed E-state index contributed by atoms with van der Waals surface area (Å²) >= 11 is 0. The Kier molecular flexibility index (Phi) is 2.29. The van der Waals surface area contributed by atoms with Gasteiger partial charge in [0.15, 0.2) is 0 Å². The molecule has 2 bridgehead atoms. The summed E-state index contributed by atoms with van der Waals surface area (Å²) in [7, 11) is 2.34. The van der Waals surface area contributed by atoms with Crippen LogP contribution in [0.1, 0.15) is 38.5 Å². The van der Waals surface area contributed by atoms with Gasteiger partial charge in [0.1, 0.15) is 0 Å². The summed E-state index contributed by atoms with van der Waals surface area (Å²) < 4.78 is 0. The molecule has 0 aromatic rings. The van der Waals surface area contributed by atoms with Gasteiger partial charge in [-0.1, -0.05) is 0 Å². The van der Waals surface area contributed by atoms with Crippen LogP contribution < -0.4 is 5.32 Å². The highest BCUT2D eigenvalue weighted by atomic mass is 15.2. The summed E-state index contributed by atoms with van der Waals surface area (Å²) in [5, 5.41) is 3.72. The van der Waals surface area contributed by atoms with Crippen LogP contribution in [-0.2, 0) is 0 Å². The van der Waals surface area contributed by atoms with Crippen molar-refractivity contribution in [2.24, 2.45) is 5.92 Å². The highest BCUT2D eigenvalue weighted by Crippen LogP contribution is 2.33. The Morgan fingerprint density at radius 1 is 1.07 bits per heavy atom.